The zero-order chi connectivity index (χ0) is 27.9. The van der Waals surface area contributed by atoms with Gasteiger partial charge in [0.25, 0.3) is 0 Å². The average molecular weight is 519 g/mol. The van der Waals surface area contributed by atoms with Gasteiger partial charge in [-0.2, -0.15) is 0 Å². The highest BCUT2D eigenvalue weighted by atomic mass is 16.6. The number of hydrogen-bond donors (Lipinski definition) is 2. The number of nitrogens with zero attached hydrogens (tertiary/aromatic N) is 1. The first-order valence-electron chi connectivity index (χ1n) is 12.4. The third-order valence-electron chi connectivity index (χ3n) is 5.98. The van der Waals surface area contributed by atoms with Crippen LogP contribution in [0.1, 0.15) is 39.0 Å². The lowest BCUT2D eigenvalue weighted by Gasteiger charge is -2.25. The van der Waals surface area contributed by atoms with E-state index < -0.39 is 35.3 Å². The molecule has 8 nitrogen and oxygen atoms in total. The van der Waals surface area contributed by atoms with Crippen LogP contribution < -0.4 is 10.1 Å². The number of amides is 1. The highest BCUT2D eigenvalue weighted by molar-refractivity contribution is 5.85. The molecule has 200 valence electrons. The van der Waals surface area contributed by atoms with Gasteiger partial charge in [-0.15, -0.1) is 0 Å². The molecule has 0 radical (unpaired) electrons. The fourth-order valence-corrected chi connectivity index (χ4v) is 3.84. The number of rotatable bonds is 11. The lowest BCUT2D eigenvalue weighted by molar-refractivity contribution is -0.158. The van der Waals surface area contributed by atoms with Crippen LogP contribution in [0.5, 0.6) is 5.75 Å². The van der Waals surface area contributed by atoms with Crippen LogP contribution in [0.4, 0.5) is 0 Å². The van der Waals surface area contributed by atoms with Crippen LogP contribution in [0.15, 0.2) is 72.9 Å². The van der Waals surface area contributed by atoms with Crippen LogP contribution >= 0.6 is 0 Å². The van der Waals surface area contributed by atoms with E-state index in [1.807, 2.05) is 24.3 Å². The molecule has 0 aliphatic heterocycles. The number of ether oxygens (including phenoxy) is 2. The quantitative estimate of drug-likeness (QED) is 0.279. The van der Waals surface area contributed by atoms with Crippen molar-refractivity contribution in [2.24, 2.45) is 11.8 Å². The summed E-state index contributed by atoms with van der Waals surface area (Å²) in [7, 11) is 0. The Kier molecular flexibility index (Phi) is 9.23. The normalized spacial score (nSPS) is 12.8. The molecule has 1 aromatic heterocycles. The minimum absolute atomic E-state index is 0.0377. The SMILES string of the molecule is C=C([C@H](C)C(=O)OC(C)(C)C)[C@@H](CNC(=O)Cc1ccc(OCc2cccc3ccccc23)cn1)C(=O)O. The second-order valence-electron chi connectivity index (χ2n) is 10.1. The fraction of sp³-hybridized carbons (Fsp3) is 0.333. The molecule has 0 unspecified atom stereocenters. The van der Waals surface area contributed by atoms with Gasteiger partial charge >= 0.3 is 11.9 Å². The number of fused-ring (bicyclic) bond motifs is 1. The van der Waals surface area contributed by atoms with Crippen LogP contribution in [0, 0.1) is 11.8 Å². The number of carboxylic acid groups (broad SMARTS) is 1. The van der Waals surface area contributed by atoms with Gasteiger partial charge in [0.05, 0.1) is 24.5 Å². The van der Waals surface area contributed by atoms with E-state index in [1.54, 1.807) is 46.0 Å². The first kappa shape index (κ1) is 28.4. The van der Waals surface area contributed by atoms with Gasteiger partial charge in [-0.1, -0.05) is 49.0 Å². The second kappa shape index (κ2) is 12.4. The summed E-state index contributed by atoms with van der Waals surface area (Å²) in [6.07, 6.45) is 1.52. The van der Waals surface area contributed by atoms with Crippen LogP contribution in [0.3, 0.4) is 0 Å². The van der Waals surface area contributed by atoms with Gasteiger partial charge in [-0.25, -0.2) is 0 Å². The summed E-state index contributed by atoms with van der Waals surface area (Å²) < 4.78 is 11.2. The van der Waals surface area contributed by atoms with E-state index in [1.165, 1.54) is 0 Å². The maximum absolute atomic E-state index is 12.5. The number of benzene rings is 2. The van der Waals surface area contributed by atoms with Crippen molar-refractivity contribution >= 4 is 28.6 Å². The monoisotopic (exact) mass is 518 g/mol. The smallest absolute Gasteiger partial charge is 0.313 e. The van der Waals surface area contributed by atoms with Crippen molar-refractivity contribution in [3.05, 3.63) is 84.2 Å². The van der Waals surface area contributed by atoms with Crippen molar-refractivity contribution in [3.63, 3.8) is 0 Å². The number of carbonyl (C=O) groups is 3. The number of pyridine rings is 1. The van der Waals surface area contributed by atoms with E-state index in [2.05, 4.69) is 35.1 Å². The number of nitrogens with one attached hydrogen (secondary N) is 1. The minimum atomic E-state index is -1.18. The molecule has 0 bridgehead atoms. The molecular weight excluding hydrogens is 484 g/mol. The Hall–Kier alpha value is -4.20. The summed E-state index contributed by atoms with van der Waals surface area (Å²) in [6, 6.07) is 17.6. The summed E-state index contributed by atoms with van der Waals surface area (Å²) in [5, 5.41) is 14.5. The third kappa shape index (κ3) is 7.90. The van der Waals surface area contributed by atoms with E-state index in [9.17, 15) is 19.5 Å². The standard InChI is InChI=1S/C30H34N2O6/c1-19(20(2)29(36)38-30(3,4)5)26(28(34)35)17-32-27(33)15-23-13-14-24(16-31-23)37-18-22-11-8-10-21-9-6-7-12-25(21)22/h6-14,16,20,26H,1,15,17-18H2,2-5H3,(H,32,33)(H,34,35)/t20-,26+/m0/s1. The average Bonchev–Trinajstić information content (AvgIpc) is 2.86. The Morgan fingerprint density at radius 2 is 1.76 bits per heavy atom. The third-order valence-corrected chi connectivity index (χ3v) is 5.98. The zero-order valence-corrected chi connectivity index (χ0v) is 22.2. The molecule has 38 heavy (non-hydrogen) atoms. The van der Waals surface area contributed by atoms with Crippen molar-refractivity contribution in [1.82, 2.24) is 10.3 Å². The highest BCUT2D eigenvalue weighted by Crippen LogP contribution is 2.23. The minimum Gasteiger partial charge on any atom is -0.487 e. The molecule has 0 spiro atoms. The van der Waals surface area contributed by atoms with E-state index in [-0.39, 0.29) is 18.5 Å². The van der Waals surface area contributed by atoms with Crippen molar-refractivity contribution < 1.29 is 29.0 Å². The Morgan fingerprint density at radius 1 is 1.05 bits per heavy atom. The number of hydrogen-bond acceptors (Lipinski definition) is 6. The van der Waals surface area contributed by atoms with E-state index in [4.69, 9.17) is 9.47 Å². The molecule has 8 heteroatoms. The van der Waals surface area contributed by atoms with E-state index >= 15 is 0 Å². The molecule has 2 N–H and O–H groups in total. The second-order valence-corrected chi connectivity index (χ2v) is 10.1. The van der Waals surface area contributed by atoms with Crippen molar-refractivity contribution in [2.45, 2.75) is 46.3 Å². The number of esters is 1. The molecule has 1 amide bonds. The molecule has 2 atom stereocenters. The first-order chi connectivity index (χ1) is 17.9. The summed E-state index contributed by atoms with van der Waals surface area (Å²) in [4.78, 5) is 40.9. The summed E-state index contributed by atoms with van der Waals surface area (Å²) >= 11 is 0. The molecular formula is C30H34N2O6. The molecule has 3 aromatic rings. The molecule has 0 saturated carbocycles. The lowest BCUT2D eigenvalue weighted by atomic mass is 9.90. The van der Waals surface area contributed by atoms with Crippen molar-refractivity contribution in [3.8, 4) is 5.75 Å². The molecule has 0 aliphatic rings. The molecule has 3 rings (SSSR count). The Morgan fingerprint density at radius 3 is 2.42 bits per heavy atom. The Bertz CT molecular complexity index is 1310. The van der Waals surface area contributed by atoms with Gasteiger partial charge in [0.1, 0.15) is 18.0 Å². The fourth-order valence-electron chi connectivity index (χ4n) is 3.84. The van der Waals surface area contributed by atoms with Gasteiger partial charge in [0.2, 0.25) is 5.91 Å². The van der Waals surface area contributed by atoms with Crippen LogP contribution in [0.2, 0.25) is 0 Å². The molecule has 1 heterocycles. The lowest BCUT2D eigenvalue weighted by Crippen LogP contribution is -2.37. The van der Waals surface area contributed by atoms with Gasteiger partial charge < -0.3 is 19.9 Å². The molecule has 0 aliphatic carbocycles. The van der Waals surface area contributed by atoms with Crippen LogP contribution in [-0.2, 0) is 32.1 Å². The first-order valence-corrected chi connectivity index (χ1v) is 12.4. The van der Waals surface area contributed by atoms with E-state index in [0.717, 1.165) is 16.3 Å². The van der Waals surface area contributed by atoms with Crippen LogP contribution in [0.25, 0.3) is 10.8 Å². The highest BCUT2D eigenvalue weighted by Gasteiger charge is 2.31. The van der Waals surface area contributed by atoms with Gasteiger partial charge in [-0.05, 0) is 61.7 Å². The molecule has 0 fully saturated rings. The number of carbonyl (C=O) groups excluding carboxylic acids is 2. The summed E-state index contributed by atoms with van der Waals surface area (Å²) in [5.74, 6) is -3.55. The maximum Gasteiger partial charge on any atom is 0.313 e. The van der Waals surface area contributed by atoms with Gasteiger partial charge in [-0.3, -0.25) is 19.4 Å². The van der Waals surface area contributed by atoms with E-state index in [0.29, 0.717) is 18.1 Å². The predicted molar refractivity (Wildman–Crippen MR) is 145 cm³/mol. The number of carboxylic acids is 1. The zero-order valence-electron chi connectivity index (χ0n) is 22.2. The predicted octanol–water partition coefficient (Wildman–Crippen LogP) is 4.71. The Labute approximate surface area is 222 Å². The largest absolute Gasteiger partial charge is 0.487 e. The van der Waals surface area contributed by atoms with Crippen LogP contribution in [-0.4, -0.2) is 40.1 Å². The maximum atomic E-state index is 12.5. The number of aliphatic carboxylic acids is 1. The molecule has 0 saturated heterocycles. The topological polar surface area (TPSA) is 115 Å². The summed E-state index contributed by atoms with van der Waals surface area (Å²) in [5.41, 5.74) is 1.02. The van der Waals surface area contributed by atoms with Crippen molar-refractivity contribution in [1.29, 1.82) is 0 Å². The molecule has 2 aromatic carbocycles. The van der Waals surface area contributed by atoms with Gasteiger partial charge in [0.15, 0.2) is 0 Å². The van der Waals surface area contributed by atoms with Gasteiger partial charge in [0, 0.05) is 12.2 Å². The summed E-state index contributed by atoms with van der Waals surface area (Å²) in [6.45, 7) is 10.7. The Balaban J connectivity index is 1.52. The van der Waals surface area contributed by atoms with Crippen molar-refractivity contribution in [2.75, 3.05) is 6.54 Å². The number of aromatic nitrogens is 1.